The summed E-state index contributed by atoms with van der Waals surface area (Å²) in [6, 6.07) is 5.15. The Hall–Kier alpha value is -1.68. The lowest BCUT2D eigenvalue weighted by Crippen LogP contribution is -2.24. The molecule has 0 radical (unpaired) electrons. The maximum Gasteiger partial charge on any atom is 0.131 e. The van der Waals surface area contributed by atoms with Crippen molar-refractivity contribution >= 4 is 0 Å². The van der Waals surface area contributed by atoms with Crippen LogP contribution in [0, 0.1) is 18.6 Å². The molecule has 1 heterocycles. The van der Waals surface area contributed by atoms with Gasteiger partial charge in [-0.05, 0) is 32.0 Å². The van der Waals surface area contributed by atoms with Crippen molar-refractivity contribution in [3.63, 3.8) is 0 Å². The summed E-state index contributed by atoms with van der Waals surface area (Å²) in [6.45, 7) is 4.61. The molecule has 0 bridgehead atoms. The van der Waals surface area contributed by atoms with Gasteiger partial charge in [-0.15, -0.1) is 0 Å². The summed E-state index contributed by atoms with van der Waals surface area (Å²) in [5, 5.41) is 3.27. The van der Waals surface area contributed by atoms with Gasteiger partial charge in [0.15, 0.2) is 0 Å². The Morgan fingerprint density at radius 1 is 1.21 bits per heavy atom. The van der Waals surface area contributed by atoms with Crippen LogP contribution < -0.4 is 5.32 Å². The van der Waals surface area contributed by atoms with Crippen molar-refractivity contribution in [3.8, 4) is 0 Å². The number of hydrogen-bond donors (Lipinski definition) is 1. The van der Waals surface area contributed by atoms with Crippen molar-refractivity contribution in [1.29, 1.82) is 0 Å². The summed E-state index contributed by atoms with van der Waals surface area (Å²) in [7, 11) is 0. The fraction of sp³-hybridized carbons (Fsp3) is 0.333. The van der Waals surface area contributed by atoms with E-state index in [9.17, 15) is 8.78 Å². The average Bonchev–Trinajstić information content (AvgIpc) is 2.78. The molecule has 1 N–H and O–H groups in total. The third-order valence-electron chi connectivity index (χ3n) is 3.08. The normalized spacial score (nSPS) is 12.6. The molecule has 1 atom stereocenters. The Balaban J connectivity index is 2.40. The second-order valence-electron chi connectivity index (χ2n) is 4.49. The molecule has 1 unspecified atom stereocenters. The molecule has 0 saturated carbocycles. The highest BCUT2D eigenvalue weighted by Gasteiger charge is 2.20. The van der Waals surface area contributed by atoms with Crippen LogP contribution in [0.5, 0.6) is 0 Å². The van der Waals surface area contributed by atoms with Crippen LogP contribution in [-0.2, 0) is 0 Å². The van der Waals surface area contributed by atoms with Gasteiger partial charge in [-0.25, -0.2) is 8.78 Å². The van der Waals surface area contributed by atoms with E-state index in [-0.39, 0.29) is 6.04 Å². The summed E-state index contributed by atoms with van der Waals surface area (Å²) in [5.41, 5.74) is 1.30. The summed E-state index contributed by atoms with van der Waals surface area (Å²) < 4.78 is 32.2. The Morgan fingerprint density at radius 2 is 2.00 bits per heavy atom. The topological polar surface area (TPSA) is 25.2 Å². The van der Waals surface area contributed by atoms with E-state index in [1.54, 1.807) is 6.26 Å². The first-order valence-corrected chi connectivity index (χ1v) is 6.35. The van der Waals surface area contributed by atoms with Crippen molar-refractivity contribution in [3.05, 3.63) is 59.1 Å². The van der Waals surface area contributed by atoms with Gasteiger partial charge >= 0.3 is 0 Å². The number of nitrogens with one attached hydrogen (secondary N) is 1. The lowest BCUT2D eigenvalue weighted by molar-refractivity contribution is 0.505. The first-order chi connectivity index (χ1) is 9.13. The predicted molar refractivity (Wildman–Crippen MR) is 69.9 cm³/mol. The van der Waals surface area contributed by atoms with E-state index in [1.165, 1.54) is 12.1 Å². The molecular weight excluding hydrogens is 248 g/mol. The van der Waals surface area contributed by atoms with Gasteiger partial charge in [0.1, 0.15) is 17.4 Å². The zero-order chi connectivity index (χ0) is 13.8. The Morgan fingerprint density at radius 3 is 2.58 bits per heavy atom. The van der Waals surface area contributed by atoms with Crippen molar-refractivity contribution in [2.45, 2.75) is 26.3 Å². The molecule has 2 nitrogen and oxygen atoms in total. The first-order valence-electron chi connectivity index (χ1n) is 6.35. The third-order valence-corrected chi connectivity index (χ3v) is 3.08. The van der Waals surface area contributed by atoms with Crippen LogP contribution in [-0.4, -0.2) is 6.54 Å². The van der Waals surface area contributed by atoms with Gasteiger partial charge in [0.05, 0.1) is 12.3 Å². The molecule has 0 aliphatic carbocycles. The zero-order valence-electron chi connectivity index (χ0n) is 11.0. The summed E-state index contributed by atoms with van der Waals surface area (Å²) in [5.74, 6) is -0.383. The number of aryl methyl sites for hydroxylation is 1. The van der Waals surface area contributed by atoms with Crippen LogP contribution in [0.1, 0.15) is 36.3 Å². The zero-order valence-corrected chi connectivity index (χ0v) is 11.0. The van der Waals surface area contributed by atoms with Crippen LogP contribution in [0.3, 0.4) is 0 Å². The highest BCUT2D eigenvalue weighted by Crippen LogP contribution is 2.28. The van der Waals surface area contributed by atoms with Crippen molar-refractivity contribution < 1.29 is 13.2 Å². The van der Waals surface area contributed by atoms with E-state index in [2.05, 4.69) is 5.32 Å². The van der Waals surface area contributed by atoms with E-state index in [4.69, 9.17) is 4.42 Å². The van der Waals surface area contributed by atoms with Gasteiger partial charge in [0.2, 0.25) is 0 Å². The molecule has 4 heteroatoms. The quantitative estimate of drug-likeness (QED) is 0.885. The molecule has 19 heavy (non-hydrogen) atoms. The molecular formula is C15H17F2NO. The minimum atomic E-state index is -0.570. The molecule has 0 saturated heterocycles. The lowest BCUT2D eigenvalue weighted by Gasteiger charge is -2.19. The van der Waals surface area contributed by atoms with Crippen LogP contribution in [0.25, 0.3) is 0 Å². The fourth-order valence-electron chi connectivity index (χ4n) is 2.11. The molecule has 2 aromatic rings. The Kier molecular flexibility index (Phi) is 4.32. The fourth-order valence-corrected chi connectivity index (χ4v) is 2.11. The maximum atomic E-state index is 13.9. The van der Waals surface area contributed by atoms with E-state index in [1.807, 2.05) is 19.9 Å². The van der Waals surface area contributed by atoms with Crippen LogP contribution in [0.15, 0.2) is 34.9 Å². The van der Waals surface area contributed by atoms with Crippen LogP contribution >= 0.6 is 0 Å². The van der Waals surface area contributed by atoms with E-state index < -0.39 is 11.6 Å². The highest BCUT2D eigenvalue weighted by molar-refractivity contribution is 5.34. The maximum absolute atomic E-state index is 13.9. The van der Waals surface area contributed by atoms with Gasteiger partial charge in [-0.1, -0.05) is 13.0 Å². The number of benzene rings is 1. The van der Waals surface area contributed by atoms with Gasteiger partial charge in [0.25, 0.3) is 0 Å². The Bertz CT molecular complexity index is 551. The van der Waals surface area contributed by atoms with Gasteiger partial charge in [-0.2, -0.15) is 0 Å². The van der Waals surface area contributed by atoms with E-state index in [0.717, 1.165) is 30.4 Å². The minimum absolute atomic E-state index is 0.320. The average molecular weight is 265 g/mol. The second-order valence-corrected chi connectivity index (χ2v) is 4.49. The standard InChI is InChI=1S/C15H17F2NO/c1-3-7-18-15(12-6-8-19-10(12)2)13-5-4-11(16)9-14(13)17/h4-6,8-9,15,18H,3,7H2,1-2H3. The predicted octanol–water partition coefficient (Wildman–Crippen LogP) is 3.96. The lowest BCUT2D eigenvalue weighted by atomic mass is 9.98. The molecule has 1 aromatic carbocycles. The minimum Gasteiger partial charge on any atom is -0.469 e. The molecule has 1 aromatic heterocycles. The molecule has 0 fully saturated rings. The number of rotatable bonds is 5. The summed E-state index contributed by atoms with van der Waals surface area (Å²) >= 11 is 0. The molecule has 2 rings (SSSR count). The number of furan rings is 1. The molecule has 0 aliphatic rings. The Labute approximate surface area is 111 Å². The first kappa shape index (κ1) is 13.7. The monoisotopic (exact) mass is 265 g/mol. The van der Waals surface area contributed by atoms with Crippen LogP contribution in [0.4, 0.5) is 8.78 Å². The highest BCUT2D eigenvalue weighted by atomic mass is 19.1. The largest absolute Gasteiger partial charge is 0.469 e. The van der Waals surface area contributed by atoms with Crippen molar-refractivity contribution in [1.82, 2.24) is 5.32 Å². The smallest absolute Gasteiger partial charge is 0.131 e. The number of hydrogen-bond acceptors (Lipinski definition) is 2. The molecule has 0 amide bonds. The number of halogens is 2. The molecule has 0 aliphatic heterocycles. The summed E-state index contributed by atoms with van der Waals surface area (Å²) in [4.78, 5) is 0. The van der Waals surface area contributed by atoms with E-state index >= 15 is 0 Å². The second kappa shape index (κ2) is 5.97. The van der Waals surface area contributed by atoms with Crippen molar-refractivity contribution in [2.75, 3.05) is 6.54 Å². The van der Waals surface area contributed by atoms with Crippen molar-refractivity contribution in [2.24, 2.45) is 0 Å². The van der Waals surface area contributed by atoms with E-state index in [0.29, 0.717) is 5.56 Å². The third kappa shape index (κ3) is 3.01. The van der Waals surface area contributed by atoms with Gasteiger partial charge < -0.3 is 9.73 Å². The SMILES string of the molecule is CCCNC(c1ccc(F)cc1F)c1ccoc1C. The summed E-state index contributed by atoms with van der Waals surface area (Å²) in [6.07, 6.45) is 2.50. The molecule has 102 valence electrons. The van der Waals surface area contributed by atoms with Gasteiger partial charge in [0, 0.05) is 17.2 Å². The van der Waals surface area contributed by atoms with Crippen LogP contribution in [0.2, 0.25) is 0 Å². The van der Waals surface area contributed by atoms with Gasteiger partial charge in [-0.3, -0.25) is 0 Å². The molecule has 0 spiro atoms.